The lowest BCUT2D eigenvalue weighted by Gasteiger charge is -2.43. The van der Waals surface area contributed by atoms with Crippen LogP contribution in [0.1, 0.15) is 81.6 Å². The number of hydrogen-bond donors (Lipinski definition) is 7. The van der Waals surface area contributed by atoms with E-state index >= 15 is 0 Å². The topological polar surface area (TPSA) is 123 Å². The van der Waals surface area contributed by atoms with E-state index in [1.165, 1.54) is 55.5 Å². The van der Waals surface area contributed by atoms with Gasteiger partial charge in [0.1, 0.15) is 11.9 Å². The summed E-state index contributed by atoms with van der Waals surface area (Å²) in [5.41, 5.74) is 11.6. The number of fused-ring (bicyclic) bond motifs is 2. The summed E-state index contributed by atoms with van der Waals surface area (Å²) >= 11 is 0. The summed E-state index contributed by atoms with van der Waals surface area (Å²) in [7, 11) is 2.19. The highest BCUT2D eigenvalue weighted by molar-refractivity contribution is 5.75. The summed E-state index contributed by atoms with van der Waals surface area (Å²) in [5.74, 6) is 1.77. The molecular weight excluding hydrogens is 502 g/mol. The molecule has 8 N–H and O–H groups in total. The Labute approximate surface area is 237 Å². The Morgan fingerprint density at radius 3 is 2.62 bits per heavy atom. The fourth-order valence-electron chi connectivity index (χ4n) is 8.03. The summed E-state index contributed by atoms with van der Waals surface area (Å²) in [6.07, 6.45) is 10.1. The highest BCUT2D eigenvalue weighted by Gasteiger charge is 2.45. The Balaban J connectivity index is 0.874. The quantitative estimate of drug-likeness (QED) is 0.267. The maximum absolute atomic E-state index is 11.0. The number of nitrogens with two attached hydrogens (primary N) is 1. The van der Waals surface area contributed by atoms with E-state index in [9.17, 15) is 10.2 Å². The first-order valence-corrected chi connectivity index (χ1v) is 15.5. The SMILES string of the molecule is CN(C[C@H]1C[C@@H](n2ccc3c2NCNC3N)[C@H](O)[C@@H]1O)[C@H]1C[C@H](CCC2Nc3ccc(C4(C)CCC4)cc3N2)C1. The van der Waals surface area contributed by atoms with Crippen molar-refractivity contribution in [3.63, 3.8) is 0 Å². The van der Waals surface area contributed by atoms with Gasteiger partial charge in [0.2, 0.25) is 0 Å². The van der Waals surface area contributed by atoms with Crippen LogP contribution in [0.5, 0.6) is 0 Å². The van der Waals surface area contributed by atoms with Crippen LogP contribution in [0.15, 0.2) is 30.5 Å². The largest absolute Gasteiger partial charge is 0.390 e. The zero-order valence-electron chi connectivity index (χ0n) is 23.9. The molecule has 0 saturated heterocycles. The van der Waals surface area contributed by atoms with E-state index in [4.69, 9.17) is 5.73 Å². The van der Waals surface area contributed by atoms with E-state index in [-0.39, 0.29) is 18.1 Å². The van der Waals surface area contributed by atoms with Gasteiger partial charge in [0, 0.05) is 30.3 Å². The van der Waals surface area contributed by atoms with Gasteiger partial charge in [-0.05, 0) is 87.1 Å². The van der Waals surface area contributed by atoms with Crippen molar-refractivity contribution in [2.45, 2.75) is 100 Å². The number of benzene rings is 1. The molecule has 2 aromatic rings. The van der Waals surface area contributed by atoms with Crippen molar-refractivity contribution >= 4 is 17.2 Å². The molecule has 3 aliphatic carbocycles. The van der Waals surface area contributed by atoms with Gasteiger partial charge in [-0.3, -0.25) is 5.32 Å². The van der Waals surface area contributed by atoms with Crippen molar-refractivity contribution in [1.82, 2.24) is 14.8 Å². The van der Waals surface area contributed by atoms with Gasteiger partial charge in [0.15, 0.2) is 0 Å². The van der Waals surface area contributed by atoms with Crippen molar-refractivity contribution < 1.29 is 10.2 Å². The van der Waals surface area contributed by atoms with Crippen LogP contribution in [0.2, 0.25) is 0 Å². The number of nitrogens with one attached hydrogen (secondary N) is 4. The average molecular weight is 550 g/mol. The highest BCUT2D eigenvalue weighted by Crippen LogP contribution is 2.46. The van der Waals surface area contributed by atoms with Crippen molar-refractivity contribution in [1.29, 1.82) is 0 Å². The number of aliphatic hydroxyl groups excluding tert-OH is 2. The Hall–Kier alpha value is -2.30. The predicted octanol–water partition coefficient (Wildman–Crippen LogP) is 3.50. The smallest absolute Gasteiger partial charge is 0.113 e. The van der Waals surface area contributed by atoms with Gasteiger partial charge >= 0.3 is 0 Å². The molecule has 0 amide bonds. The molecule has 0 radical (unpaired) electrons. The summed E-state index contributed by atoms with van der Waals surface area (Å²) in [6, 6.07) is 9.39. The highest BCUT2D eigenvalue weighted by atomic mass is 16.3. The average Bonchev–Trinajstić information content (AvgIpc) is 3.58. The van der Waals surface area contributed by atoms with Crippen LogP contribution in [0, 0.1) is 11.8 Å². The predicted molar refractivity (Wildman–Crippen MR) is 159 cm³/mol. The summed E-state index contributed by atoms with van der Waals surface area (Å²) in [5, 5.41) is 35.9. The molecule has 3 fully saturated rings. The van der Waals surface area contributed by atoms with E-state index in [0.29, 0.717) is 24.3 Å². The fraction of sp³-hybridized carbons (Fsp3) is 0.677. The maximum atomic E-state index is 11.0. The van der Waals surface area contributed by atoms with E-state index in [1.807, 2.05) is 12.3 Å². The second kappa shape index (κ2) is 10.2. The van der Waals surface area contributed by atoms with Crippen molar-refractivity contribution in [2.24, 2.45) is 17.6 Å². The molecule has 0 bridgehead atoms. The van der Waals surface area contributed by atoms with Gasteiger partial charge in [-0.2, -0.15) is 0 Å². The molecule has 1 aromatic heterocycles. The van der Waals surface area contributed by atoms with Crippen LogP contribution in [0.25, 0.3) is 0 Å². The minimum Gasteiger partial charge on any atom is -0.390 e. The molecular formula is C31H47N7O2. The van der Waals surface area contributed by atoms with E-state index in [2.05, 4.69) is 62.9 Å². The molecule has 218 valence electrons. The van der Waals surface area contributed by atoms with Crippen LogP contribution in [-0.4, -0.2) is 64.4 Å². The Morgan fingerprint density at radius 1 is 1.05 bits per heavy atom. The van der Waals surface area contributed by atoms with Crippen molar-refractivity contribution in [2.75, 3.05) is 36.2 Å². The van der Waals surface area contributed by atoms with Crippen molar-refractivity contribution in [3.8, 4) is 0 Å². The summed E-state index contributed by atoms with van der Waals surface area (Å²) < 4.78 is 2.08. The number of aromatic nitrogens is 1. The molecule has 3 saturated carbocycles. The molecule has 3 heterocycles. The lowest BCUT2D eigenvalue weighted by atomic mass is 9.66. The normalized spacial score (nSPS) is 35.6. The van der Waals surface area contributed by atoms with Gasteiger partial charge in [-0.25, -0.2) is 0 Å². The first kappa shape index (κ1) is 26.6. The fourth-order valence-corrected chi connectivity index (χ4v) is 8.03. The van der Waals surface area contributed by atoms with E-state index in [0.717, 1.165) is 36.7 Å². The number of anilines is 3. The number of aliphatic hydroxyl groups is 2. The van der Waals surface area contributed by atoms with Crippen LogP contribution in [-0.2, 0) is 5.41 Å². The van der Waals surface area contributed by atoms with Crippen LogP contribution >= 0.6 is 0 Å². The molecule has 9 heteroatoms. The standard InChI is InChI=1S/C31H47N7O2/c1-31(9-3-10-31)20-5-6-23-24(15-20)36-26(35-23)7-4-18-12-21(13-18)37(2)16-19-14-25(28(40)27(19)39)38-11-8-22-29(32)33-17-34-30(22)38/h5-6,8,11,15,18-19,21,25-29,33-36,39-40H,3-4,7,9-10,12-14,16-17,32H2,1-2H3/t18-,19-,21-,25-,26?,27-,28+,29?/m1/s1. The molecule has 5 aliphatic rings. The van der Waals surface area contributed by atoms with Gasteiger partial charge in [-0.15, -0.1) is 0 Å². The minimum atomic E-state index is -0.778. The third-order valence-corrected chi connectivity index (χ3v) is 11.0. The number of hydrogen-bond acceptors (Lipinski definition) is 8. The van der Waals surface area contributed by atoms with Crippen LogP contribution < -0.4 is 27.0 Å². The Morgan fingerprint density at radius 2 is 1.85 bits per heavy atom. The molecule has 2 unspecified atom stereocenters. The molecule has 9 nitrogen and oxygen atoms in total. The maximum Gasteiger partial charge on any atom is 0.113 e. The van der Waals surface area contributed by atoms with Gasteiger partial charge in [0.25, 0.3) is 0 Å². The second-order valence-electron chi connectivity index (χ2n) is 13.6. The third kappa shape index (κ3) is 4.60. The molecule has 6 atom stereocenters. The molecule has 7 rings (SSSR count). The molecule has 0 spiro atoms. The summed E-state index contributed by atoms with van der Waals surface area (Å²) in [4.78, 5) is 2.42. The lowest BCUT2D eigenvalue weighted by molar-refractivity contribution is -0.00683. The molecule has 2 aliphatic heterocycles. The number of rotatable bonds is 8. The third-order valence-electron chi connectivity index (χ3n) is 11.0. The van der Waals surface area contributed by atoms with Crippen molar-refractivity contribution in [3.05, 3.63) is 41.6 Å². The monoisotopic (exact) mass is 549 g/mol. The van der Waals surface area contributed by atoms with Gasteiger partial charge in [0.05, 0.1) is 42.5 Å². The second-order valence-corrected chi connectivity index (χ2v) is 13.6. The lowest BCUT2D eigenvalue weighted by Crippen LogP contribution is -2.46. The van der Waals surface area contributed by atoms with E-state index < -0.39 is 12.2 Å². The molecule has 1 aromatic carbocycles. The first-order chi connectivity index (χ1) is 19.3. The zero-order valence-corrected chi connectivity index (χ0v) is 23.9. The molecule has 40 heavy (non-hydrogen) atoms. The Bertz CT molecular complexity index is 1220. The van der Waals surface area contributed by atoms with Crippen LogP contribution in [0.4, 0.5) is 17.2 Å². The Kier molecular flexibility index (Phi) is 6.78. The van der Waals surface area contributed by atoms with E-state index in [1.54, 1.807) is 0 Å². The zero-order chi connectivity index (χ0) is 27.6. The van der Waals surface area contributed by atoms with Gasteiger partial charge < -0.3 is 41.4 Å². The minimum absolute atomic E-state index is 0.0509. The first-order valence-electron chi connectivity index (χ1n) is 15.5. The summed E-state index contributed by atoms with van der Waals surface area (Å²) in [6.45, 7) is 3.81. The number of nitrogens with zero attached hydrogens (tertiary/aromatic N) is 2. The van der Waals surface area contributed by atoms with Crippen LogP contribution in [0.3, 0.4) is 0 Å². The van der Waals surface area contributed by atoms with Gasteiger partial charge in [-0.1, -0.05) is 19.4 Å².